The first-order valence-electron chi connectivity index (χ1n) is 16.1. The van der Waals surface area contributed by atoms with Gasteiger partial charge in [0.15, 0.2) is 5.82 Å². The molecule has 254 valence electrons. The number of benzene rings is 1. The van der Waals surface area contributed by atoms with Crippen LogP contribution < -0.4 is 9.64 Å². The molecule has 1 saturated heterocycles. The van der Waals surface area contributed by atoms with Crippen LogP contribution in [0.15, 0.2) is 54.6 Å². The van der Waals surface area contributed by atoms with Crippen molar-refractivity contribution in [3.8, 4) is 39.5 Å². The molecule has 1 amide bonds. The molecule has 1 atom stereocenters. The zero-order chi connectivity index (χ0) is 34.2. The van der Waals surface area contributed by atoms with Crippen LogP contribution in [0.2, 0.25) is 0 Å². The molecule has 0 aliphatic carbocycles. The molecule has 1 aromatic carbocycles. The van der Waals surface area contributed by atoms with Gasteiger partial charge in [0, 0.05) is 73.2 Å². The third-order valence-electron chi connectivity index (χ3n) is 9.12. The van der Waals surface area contributed by atoms with E-state index in [4.69, 9.17) is 19.6 Å². The SMILES string of the molecule is C=CC(=O)N1CCn2nc(-c3nc(-c4cnnc(N5CCN(C)CC5)c4)c4ccsc4c3-c3c(F)cc(F)cc3OCCOC)cc2[C@H]1C. The first kappa shape index (κ1) is 32.7. The summed E-state index contributed by atoms with van der Waals surface area (Å²) in [4.78, 5) is 24.1. The van der Waals surface area contributed by atoms with Crippen molar-refractivity contribution in [3.63, 3.8) is 0 Å². The number of halogens is 2. The molecule has 2 aliphatic rings. The highest BCUT2D eigenvalue weighted by Crippen LogP contribution is 2.47. The van der Waals surface area contributed by atoms with Crippen LogP contribution in [0.5, 0.6) is 5.75 Å². The predicted molar refractivity (Wildman–Crippen MR) is 185 cm³/mol. The summed E-state index contributed by atoms with van der Waals surface area (Å²) >= 11 is 1.42. The number of anilines is 1. The Balaban J connectivity index is 1.45. The average molecular weight is 687 g/mol. The van der Waals surface area contributed by atoms with Crippen molar-refractivity contribution >= 4 is 33.1 Å². The van der Waals surface area contributed by atoms with Gasteiger partial charge in [-0.15, -0.1) is 16.4 Å². The fraction of sp³-hybridized carbons (Fsp3) is 0.343. The summed E-state index contributed by atoms with van der Waals surface area (Å²) in [6.45, 7) is 10.3. The molecule has 7 rings (SSSR count). The Morgan fingerprint density at radius 1 is 1.06 bits per heavy atom. The second-order valence-electron chi connectivity index (χ2n) is 12.1. The highest BCUT2D eigenvalue weighted by molar-refractivity contribution is 7.18. The minimum atomic E-state index is -0.791. The summed E-state index contributed by atoms with van der Waals surface area (Å²) in [6.07, 6.45) is 2.99. The molecule has 0 unspecified atom stereocenters. The number of ether oxygens (including phenoxy) is 2. The van der Waals surface area contributed by atoms with E-state index in [-0.39, 0.29) is 36.5 Å². The predicted octanol–water partition coefficient (Wildman–Crippen LogP) is 5.43. The van der Waals surface area contributed by atoms with Gasteiger partial charge in [0.25, 0.3) is 0 Å². The van der Waals surface area contributed by atoms with Gasteiger partial charge in [-0.25, -0.2) is 13.8 Å². The molecule has 6 heterocycles. The number of methoxy groups -OCH3 is 1. The van der Waals surface area contributed by atoms with Gasteiger partial charge in [-0.3, -0.25) is 9.48 Å². The molecular formula is C35H36F2N8O3S. The van der Waals surface area contributed by atoms with Gasteiger partial charge >= 0.3 is 0 Å². The van der Waals surface area contributed by atoms with Crippen molar-refractivity contribution < 1.29 is 23.0 Å². The largest absolute Gasteiger partial charge is 0.490 e. The number of hydrogen-bond donors (Lipinski definition) is 0. The molecule has 2 aliphatic heterocycles. The van der Waals surface area contributed by atoms with Crippen molar-refractivity contribution in [2.45, 2.75) is 19.5 Å². The normalized spacial score (nSPS) is 16.6. The number of thiophene rings is 1. The monoisotopic (exact) mass is 686 g/mol. The second-order valence-corrected chi connectivity index (χ2v) is 13.0. The third-order valence-corrected chi connectivity index (χ3v) is 10.1. The summed E-state index contributed by atoms with van der Waals surface area (Å²) in [7, 11) is 3.63. The van der Waals surface area contributed by atoms with Crippen LogP contribution in [0.25, 0.3) is 43.9 Å². The van der Waals surface area contributed by atoms with Gasteiger partial charge in [0.1, 0.15) is 35.4 Å². The molecule has 5 aromatic rings. The van der Waals surface area contributed by atoms with Crippen LogP contribution in [-0.2, 0) is 16.1 Å². The van der Waals surface area contributed by atoms with E-state index in [1.807, 2.05) is 35.2 Å². The molecule has 0 saturated carbocycles. The fourth-order valence-corrected chi connectivity index (χ4v) is 7.46. The van der Waals surface area contributed by atoms with E-state index in [0.717, 1.165) is 59.4 Å². The molecule has 0 N–H and O–H groups in total. The van der Waals surface area contributed by atoms with Crippen LogP contribution in [0, 0.1) is 11.6 Å². The molecule has 14 heteroatoms. The number of fused-ring (bicyclic) bond motifs is 2. The van der Waals surface area contributed by atoms with Crippen LogP contribution >= 0.6 is 11.3 Å². The molecular weight excluding hydrogens is 651 g/mol. The van der Waals surface area contributed by atoms with Gasteiger partial charge in [-0.05, 0) is 43.6 Å². The summed E-state index contributed by atoms with van der Waals surface area (Å²) in [5.41, 5.74) is 3.56. The number of hydrogen-bond acceptors (Lipinski definition) is 10. The van der Waals surface area contributed by atoms with Crippen LogP contribution in [0.4, 0.5) is 14.6 Å². The van der Waals surface area contributed by atoms with Crippen LogP contribution in [0.1, 0.15) is 18.7 Å². The minimum absolute atomic E-state index is 0.0306. The quantitative estimate of drug-likeness (QED) is 0.149. The maximum atomic E-state index is 16.1. The molecule has 4 aromatic heterocycles. The highest BCUT2D eigenvalue weighted by Gasteiger charge is 2.31. The number of likely N-dealkylation sites (N-methyl/N-ethyl adjacent to an activating group) is 1. The zero-order valence-electron chi connectivity index (χ0n) is 27.5. The fourth-order valence-electron chi connectivity index (χ4n) is 6.51. The molecule has 0 radical (unpaired) electrons. The number of piperazine rings is 1. The van der Waals surface area contributed by atoms with E-state index in [1.54, 1.807) is 11.1 Å². The first-order chi connectivity index (χ1) is 23.8. The van der Waals surface area contributed by atoms with E-state index in [1.165, 1.54) is 30.6 Å². The van der Waals surface area contributed by atoms with Gasteiger partial charge in [0.2, 0.25) is 5.91 Å². The van der Waals surface area contributed by atoms with E-state index < -0.39 is 11.6 Å². The second kappa shape index (κ2) is 13.6. The lowest BCUT2D eigenvalue weighted by atomic mass is 9.96. The van der Waals surface area contributed by atoms with Gasteiger partial charge in [0.05, 0.1) is 42.3 Å². The Morgan fingerprint density at radius 2 is 1.88 bits per heavy atom. The van der Waals surface area contributed by atoms with Crippen molar-refractivity contribution in [1.82, 2.24) is 34.8 Å². The van der Waals surface area contributed by atoms with Crippen LogP contribution in [-0.4, -0.2) is 101 Å². The van der Waals surface area contributed by atoms with Crippen molar-refractivity contribution in [3.05, 3.63) is 71.9 Å². The highest BCUT2D eigenvalue weighted by atomic mass is 32.1. The number of carbonyl (C=O) groups is 1. The first-order valence-corrected chi connectivity index (χ1v) is 17.0. The summed E-state index contributed by atoms with van der Waals surface area (Å²) in [5.74, 6) is -0.947. The number of rotatable bonds is 9. The lowest BCUT2D eigenvalue weighted by molar-refractivity contribution is -0.129. The number of pyridine rings is 1. The van der Waals surface area contributed by atoms with E-state index in [0.29, 0.717) is 35.7 Å². The molecule has 49 heavy (non-hydrogen) atoms. The Labute approximate surface area is 286 Å². The lowest BCUT2D eigenvalue weighted by Crippen LogP contribution is -2.44. The Morgan fingerprint density at radius 3 is 2.65 bits per heavy atom. The summed E-state index contributed by atoms with van der Waals surface area (Å²) in [6, 6.07) is 7.55. The minimum Gasteiger partial charge on any atom is -0.490 e. The maximum absolute atomic E-state index is 16.1. The lowest BCUT2D eigenvalue weighted by Gasteiger charge is -2.33. The average Bonchev–Trinajstić information content (AvgIpc) is 3.77. The van der Waals surface area contributed by atoms with Gasteiger partial charge in [-0.2, -0.15) is 10.2 Å². The summed E-state index contributed by atoms with van der Waals surface area (Å²) < 4.78 is 44.5. The Hall–Kier alpha value is -4.79. The molecule has 11 nitrogen and oxygen atoms in total. The van der Waals surface area contributed by atoms with Gasteiger partial charge < -0.3 is 24.2 Å². The van der Waals surface area contributed by atoms with Crippen molar-refractivity contribution in [1.29, 1.82) is 0 Å². The topological polar surface area (TPSA) is 102 Å². The van der Waals surface area contributed by atoms with Gasteiger partial charge in [-0.1, -0.05) is 6.58 Å². The van der Waals surface area contributed by atoms with E-state index in [2.05, 4.69) is 33.6 Å². The number of amides is 1. The standard InChI is InChI=1S/C35H36F2N8O3S/c1-5-30(46)44-11-12-45-27(21(44)2)19-26(41-45)34-32(31-25(37)17-23(36)18-28(31)48-14-13-47-4)35-24(6-15-49-35)33(39-34)22-16-29(40-38-20-22)43-9-7-42(3)8-10-43/h5-6,15-21H,1,7-14H2,2-4H3/t21-/m1/s1. The Bertz CT molecular complexity index is 2040. The molecule has 0 spiro atoms. The van der Waals surface area contributed by atoms with E-state index in [9.17, 15) is 9.18 Å². The smallest absolute Gasteiger partial charge is 0.246 e. The number of nitrogens with zero attached hydrogens (tertiary/aromatic N) is 8. The Kier molecular flexibility index (Phi) is 9.09. The van der Waals surface area contributed by atoms with Crippen LogP contribution in [0.3, 0.4) is 0 Å². The molecule has 1 fully saturated rings. The number of carbonyl (C=O) groups excluding carboxylic acids is 1. The van der Waals surface area contributed by atoms with E-state index >= 15 is 4.39 Å². The summed E-state index contributed by atoms with van der Waals surface area (Å²) in [5, 5.41) is 16.4. The maximum Gasteiger partial charge on any atom is 0.246 e. The third kappa shape index (κ3) is 6.15. The van der Waals surface area contributed by atoms with Crippen molar-refractivity contribution in [2.24, 2.45) is 0 Å². The zero-order valence-corrected chi connectivity index (χ0v) is 28.3. The van der Waals surface area contributed by atoms with Crippen molar-refractivity contribution in [2.75, 3.05) is 65.0 Å². The number of aromatic nitrogens is 5. The molecule has 0 bridgehead atoms.